The Hall–Kier alpha value is -1.86. The van der Waals surface area contributed by atoms with E-state index in [1.807, 2.05) is 19.9 Å². The summed E-state index contributed by atoms with van der Waals surface area (Å²) in [4.78, 5) is 30.0. The van der Waals surface area contributed by atoms with Crippen molar-refractivity contribution < 1.29 is 9.59 Å². The molecule has 0 bridgehead atoms. The van der Waals surface area contributed by atoms with E-state index in [-0.39, 0.29) is 11.8 Å². The highest BCUT2D eigenvalue weighted by Gasteiger charge is 2.18. The molecule has 2 amide bonds. The maximum atomic E-state index is 12.2. The van der Waals surface area contributed by atoms with Gasteiger partial charge < -0.3 is 5.32 Å². The molecule has 3 rings (SSSR count). The molecule has 0 radical (unpaired) electrons. The van der Waals surface area contributed by atoms with E-state index in [1.54, 1.807) is 12.1 Å². The van der Waals surface area contributed by atoms with Gasteiger partial charge in [0.15, 0.2) is 5.13 Å². The minimum absolute atomic E-state index is 0.0452. The van der Waals surface area contributed by atoms with Crippen molar-refractivity contribution in [3.63, 3.8) is 0 Å². The number of thiazole rings is 1. The molecule has 0 spiro atoms. The monoisotopic (exact) mass is 319 g/mol. The standard InChI is InChI=1S/C14H13N3O2S2/c1-7-8(2)21-14(15-7)17-13(19)9-3-4-11-10(5-9)16-12(18)6-20-11/h3-5H,6H2,1-2H3,(H,16,18)(H,15,17,19). The summed E-state index contributed by atoms with van der Waals surface area (Å²) in [5.74, 6) is 0.142. The lowest BCUT2D eigenvalue weighted by Gasteiger charge is -2.16. The zero-order valence-electron chi connectivity index (χ0n) is 11.5. The third-order valence-electron chi connectivity index (χ3n) is 3.12. The van der Waals surface area contributed by atoms with Crippen molar-refractivity contribution in [1.29, 1.82) is 0 Å². The van der Waals surface area contributed by atoms with Crippen LogP contribution in [-0.4, -0.2) is 22.6 Å². The number of aryl methyl sites for hydroxylation is 2. The normalized spacial score (nSPS) is 13.5. The quantitative estimate of drug-likeness (QED) is 0.892. The fourth-order valence-corrected chi connectivity index (χ4v) is 3.52. The summed E-state index contributed by atoms with van der Waals surface area (Å²) in [6, 6.07) is 5.31. The summed E-state index contributed by atoms with van der Waals surface area (Å²) in [6.07, 6.45) is 0. The molecule has 2 N–H and O–H groups in total. The third kappa shape index (κ3) is 2.93. The number of nitrogens with zero attached hydrogens (tertiary/aromatic N) is 1. The average molecular weight is 319 g/mol. The summed E-state index contributed by atoms with van der Waals surface area (Å²) >= 11 is 2.92. The number of benzene rings is 1. The van der Waals surface area contributed by atoms with E-state index in [9.17, 15) is 9.59 Å². The first-order valence-electron chi connectivity index (χ1n) is 6.35. The van der Waals surface area contributed by atoms with Crippen molar-refractivity contribution in [2.45, 2.75) is 18.7 Å². The summed E-state index contributed by atoms with van der Waals surface area (Å²) in [7, 11) is 0. The molecule has 0 saturated carbocycles. The van der Waals surface area contributed by atoms with Gasteiger partial charge in [-0.05, 0) is 32.0 Å². The first-order valence-corrected chi connectivity index (χ1v) is 8.15. The Morgan fingerprint density at radius 2 is 2.19 bits per heavy atom. The molecule has 0 fully saturated rings. The van der Waals surface area contributed by atoms with Crippen LogP contribution < -0.4 is 10.6 Å². The number of carbonyl (C=O) groups is 2. The van der Waals surface area contributed by atoms with E-state index < -0.39 is 0 Å². The van der Waals surface area contributed by atoms with Crippen LogP contribution in [0.25, 0.3) is 0 Å². The second-order valence-electron chi connectivity index (χ2n) is 4.66. The predicted molar refractivity (Wildman–Crippen MR) is 85.3 cm³/mol. The lowest BCUT2D eigenvalue weighted by Crippen LogP contribution is -2.19. The molecule has 2 heterocycles. The van der Waals surface area contributed by atoms with Crippen molar-refractivity contribution >= 4 is 45.7 Å². The van der Waals surface area contributed by atoms with Crippen LogP contribution in [0.15, 0.2) is 23.1 Å². The topological polar surface area (TPSA) is 71.1 Å². The van der Waals surface area contributed by atoms with Gasteiger partial charge in [-0.2, -0.15) is 0 Å². The van der Waals surface area contributed by atoms with Crippen LogP contribution in [-0.2, 0) is 4.79 Å². The molecule has 2 aromatic rings. The van der Waals surface area contributed by atoms with E-state index in [1.165, 1.54) is 23.1 Å². The van der Waals surface area contributed by atoms with Gasteiger partial charge in [0, 0.05) is 15.3 Å². The summed E-state index contributed by atoms with van der Waals surface area (Å²) in [5, 5.41) is 6.16. The molecule has 108 valence electrons. The molecule has 1 aromatic carbocycles. The minimum atomic E-state index is -0.226. The van der Waals surface area contributed by atoms with E-state index in [0.29, 0.717) is 22.1 Å². The zero-order chi connectivity index (χ0) is 15.0. The van der Waals surface area contributed by atoms with Crippen LogP contribution in [0.5, 0.6) is 0 Å². The number of thioether (sulfide) groups is 1. The number of rotatable bonds is 2. The Bertz CT molecular complexity index is 720. The number of hydrogen-bond donors (Lipinski definition) is 2. The van der Waals surface area contributed by atoms with Gasteiger partial charge in [-0.1, -0.05) is 0 Å². The van der Waals surface area contributed by atoms with Crippen molar-refractivity contribution in [1.82, 2.24) is 4.98 Å². The highest BCUT2D eigenvalue weighted by atomic mass is 32.2. The van der Waals surface area contributed by atoms with Crippen molar-refractivity contribution in [2.75, 3.05) is 16.4 Å². The lowest BCUT2D eigenvalue weighted by atomic mass is 10.2. The summed E-state index contributed by atoms with van der Waals surface area (Å²) in [5.41, 5.74) is 2.11. The van der Waals surface area contributed by atoms with Crippen LogP contribution in [0.4, 0.5) is 10.8 Å². The first-order chi connectivity index (χ1) is 10.0. The maximum Gasteiger partial charge on any atom is 0.257 e. The summed E-state index contributed by atoms with van der Waals surface area (Å²) in [6.45, 7) is 3.88. The van der Waals surface area contributed by atoms with E-state index in [2.05, 4.69) is 15.6 Å². The first kappa shape index (κ1) is 14.1. The predicted octanol–water partition coefficient (Wildman–Crippen LogP) is 3.06. The Morgan fingerprint density at radius 3 is 2.90 bits per heavy atom. The fraction of sp³-hybridized carbons (Fsp3) is 0.214. The molecule has 0 aliphatic carbocycles. The molecular formula is C14H13N3O2S2. The second-order valence-corrected chi connectivity index (χ2v) is 6.88. The highest BCUT2D eigenvalue weighted by Crippen LogP contribution is 2.32. The van der Waals surface area contributed by atoms with Crippen molar-refractivity contribution in [3.8, 4) is 0 Å². The van der Waals surface area contributed by atoms with Gasteiger partial charge in [0.1, 0.15) is 0 Å². The third-order valence-corrected chi connectivity index (χ3v) is 5.19. The van der Waals surface area contributed by atoms with Gasteiger partial charge in [-0.3, -0.25) is 14.9 Å². The van der Waals surface area contributed by atoms with E-state index in [4.69, 9.17) is 0 Å². The Morgan fingerprint density at radius 1 is 1.38 bits per heavy atom. The van der Waals surface area contributed by atoms with Gasteiger partial charge in [0.2, 0.25) is 5.91 Å². The molecule has 1 aromatic heterocycles. The molecular weight excluding hydrogens is 306 g/mol. The number of carbonyl (C=O) groups excluding carboxylic acids is 2. The van der Waals surface area contributed by atoms with Gasteiger partial charge in [-0.25, -0.2) is 4.98 Å². The Balaban J connectivity index is 1.81. The lowest BCUT2D eigenvalue weighted by molar-refractivity contribution is -0.113. The number of anilines is 2. The Labute approximate surface area is 130 Å². The molecule has 1 aliphatic heterocycles. The molecule has 0 atom stereocenters. The van der Waals surface area contributed by atoms with Crippen molar-refractivity contribution in [2.24, 2.45) is 0 Å². The van der Waals surface area contributed by atoms with Gasteiger partial charge in [0.05, 0.1) is 17.1 Å². The zero-order valence-corrected chi connectivity index (χ0v) is 13.2. The van der Waals surface area contributed by atoms with Crippen LogP contribution in [0.1, 0.15) is 20.9 Å². The second kappa shape index (κ2) is 5.50. The smallest absolute Gasteiger partial charge is 0.257 e. The molecule has 5 nitrogen and oxygen atoms in total. The van der Waals surface area contributed by atoms with Gasteiger partial charge in [0.25, 0.3) is 5.91 Å². The number of nitrogens with one attached hydrogen (secondary N) is 2. The molecule has 0 saturated heterocycles. The molecule has 7 heteroatoms. The van der Waals surface area contributed by atoms with Crippen LogP contribution >= 0.6 is 23.1 Å². The van der Waals surface area contributed by atoms with Crippen LogP contribution in [0, 0.1) is 13.8 Å². The Kier molecular flexibility index (Phi) is 3.69. The van der Waals surface area contributed by atoms with E-state index in [0.717, 1.165) is 15.5 Å². The number of hydrogen-bond acceptors (Lipinski definition) is 5. The fourth-order valence-electron chi connectivity index (χ4n) is 1.92. The number of fused-ring (bicyclic) bond motifs is 1. The largest absolute Gasteiger partial charge is 0.324 e. The number of aromatic nitrogens is 1. The molecule has 0 unspecified atom stereocenters. The van der Waals surface area contributed by atoms with Crippen LogP contribution in [0.3, 0.4) is 0 Å². The average Bonchev–Trinajstić information content (AvgIpc) is 2.76. The maximum absolute atomic E-state index is 12.2. The number of amides is 2. The van der Waals surface area contributed by atoms with Crippen molar-refractivity contribution in [3.05, 3.63) is 34.3 Å². The summed E-state index contributed by atoms with van der Waals surface area (Å²) < 4.78 is 0. The molecule has 1 aliphatic rings. The minimum Gasteiger partial charge on any atom is -0.324 e. The molecule has 21 heavy (non-hydrogen) atoms. The van der Waals surface area contributed by atoms with Gasteiger partial charge in [-0.15, -0.1) is 23.1 Å². The SMILES string of the molecule is Cc1nc(NC(=O)c2ccc3c(c2)NC(=O)CS3)sc1C. The van der Waals surface area contributed by atoms with Crippen LogP contribution in [0.2, 0.25) is 0 Å². The highest BCUT2D eigenvalue weighted by molar-refractivity contribution is 8.00. The van der Waals surface area contributed by atoms with E-state index >= 15 is 0 Å². The van der Waals surface area contributed by atoms with Gasteiger partial charge >= 0.3 is 0 Å².